The van der Waals surface area contributed by atoms with Crippen LogP contribution in [0.15, 0.2) is 48.5 Å². The average molecular weight is 489 g/mol. The number of carbonyl (C=O) groups excluding carboxylic acids is 3. The summed E-state index contributed by atoms with van der Waals surface area (Å²) in [6.45, 7) is 0.790. The second kappa shape index (κ2) is 9.69. The van der Waals surface area contributed by atoms with Crippen LogP contribution < -0.4 is 10.2 Å². The van der Waals surface area contributed by atoms with E-state index < -0.39 is 18.4 Å². The maximum absolute atomic E-state index is 13.2. The molecule has 4 rings (SSSR count). The van der Waals surface area contributed by atoms with Crippen molar-refractivity contribution in [1.82, 2.24) is 10.2 Å². The number of hydrogen-bond acceptors (Lipinski definition) is 4. The highest BCUT2D eigenvalue weighted by Gasteiger charge is 2.52. The van der Waals surface area contributed by atoms with Crippen LogP contribution in [-0.4, -0.2) is 47.6 Å². The third-order valence-electron chi connectivity index (χ3n) is 6.36. The van der Waals surface area contributed by atoms with Crippen molar-refractivity contribution in [3.05, 3.63) is 65.2 Å². The molecular formula is C25H26F3N3O4. The van der Waals surface area contributed by atoms with E-state index in [4.69, 9.17) is 0 Å². The van der Waals surface area contributed by atoms with Gasteiger partial charge in [-0.25, -0.2) is 0 Å². The van der Waals surface area contributed by atoms with Crippen LogP contribution in [0.25, 0.3) is 0 Å². The number of carbonyl (C=O) groups is 3. The number of nitrogens with one attached hydrogen (secondary N) is 1. The van der Waals surface area contributed by atoms with Crippen molar-refractivity contribution in [3.63, 3.8) is 0 Å². The van der Waals surface area contributed by atoms with E-state index in [1.54, 1.807) is 58.3 Å². The number of nitrogens with zero attached hydrogens (tertiary/aromatic N) is 2. The molecular weight excluding hydrogens is 463 g/mol. The predicted octanol–water partition coefficient (Wildman–Crippen LogP) is 3.77. The first-order valence-electron chi connectivity index (χ1n) is 11.3. The number of anilines is 1. The van der Waals surface area contributed by atoms with E-state index in [-0.39, 0.29) is 43.8 Å². The smallest absolute Gasteiger partial charge is 0.367 e. The highest BCUT2D eigenvalue weighted by atomic mass is 19.4. The summed E-state index contributed by atoms with van der Waals surface area (Å²) in [6.07, 6.45) is -3.48. The fourth-order valence-electron chi connectivity index (χ4n) is 4.58. The molecule has 186 valence electrons. The summed E-state index contributed by atoms with van der Waals surface area (Å²) in [5.41, 5.74) is 1.61. The Morgan fingerprint density at radius 3 is 2.49 bits per heavy atom. The van der Waals surface area contributed by atoms with Gasteiger partial charge in [0.1, 0.15) is 12.3 Å². The Kier molecular flexibility index (Phi) is 6.84. The number of benzene rings is 2. The van der Waals surface area contributed by atoms with Gasteiger partial charge < -0.3 is 15.0 Å². The van der Waals surface area contributed by atoms with Gasteiger partial charge in [-0.05, 0) is 36.6 Å². The average Bonchev–Trinajstić information content (AvgIpc) is 3.12. The molecule has 1 N–H and O–H groups in total. The Morgan fingerprint density at radius 2 is 1.77 bits per heavy atom. The molecule has 2 aliphatic rings. The fraction of sp³-hybridized carbons (Fsp3) is 0.400. The molecule has 2 heterocycles. The van der Waals surface area contributed by atoms with Crippen molar-refractivity contribution in [1.29, 1.82) is 0 Å². The molecule has 1 saturated heterocycles. The van der Waals surface area contributed by atoms with Gasteiger partial charge in [0, 0.05) is 25.9 Å². The standard InChI is InChI=1S/C25H26F3N3O4/c1-24-12-10-22(33)31(24)20-5-3-2-4-19(20)23(34)30(24)13-11-21(32)29-14-17-6-8-18(9-7-17)15-35-16-25(26,27)28/h2-9H,10-16H2,1H3,(H,29,32). The number of fused-ring (bicyclic) bond motifs is 3. The minimum Gasteiger partial charge on any atom is -0.367 e. The van der Waals surface area contributed by atoms with Gasteiger partial charge in [0.05, 0.1) is 17.9 Å². The molecule has 1 unspecified atom stereocenters. The van der Waals surface area contributed by atoms with E-state index in [0.29, 0.717) is 29.7 Å². The van der Waals surface area contributed by atoms with Crippen molar-refractivity contribution in [2.75, 3.05) is 18.1 Å². The number of ether oxygens (including phenoxy) is 1. The number of rotatable bonds is 8. The molecule has 0 saturated carbocycles. The molecule has 1 fully saturated rings. The zero-order valence-electron chi connectivity index (χ0n) is 19.2. The number of para-hydroxylation sites is 1. The molecule has 2 aromatic rings. The SMILES string of the molecule is CC12CCC(=O)N1c1ccccc1C(=O)N2CCC(=O)NCc1ccc(COCC(F)(F)F)cc1. The van der Waals surface area contributed by atoms with Crippen LogP contribution in [0.4, 0.5) is 18.9 Å². The lowest BCUT2D eigenvalue weighted by atomic mass is 9.98. The van der Waals surface area contributed by atoms with E-state index >= 15 is 0 Å². The van der Waals surface area contributed by atoms with Gasteiger partial charge in [-0.3, -0.25) is 19.3 Å². The normalized spacial score (nSPS) is 19.5. The number of amides is 3. The molecule has 2 aromatic carbocycles. The number of hydrogen-bond donors (Lipinski definition) is 1. The minimum atomic E-state index is -4.37. The predicted molar refractivity (Wildman–Crippen MR) is 121 cm³/mol. The van der Waals surface area contributed by atoms with E-state index in [1.165, 1.54) is 0 Å². The second-order valence-electron chi connectivity index (χ2n) is 8.87. The quantitative estimate of drug-likeness (QED) is 0.613. The van der Waals surface area contributed by atoms with E-state index in [0.717, 1.165) is 5.56 Å². The molecule has 10 heteroatoms. The zero-order chi connectivity index (χ0) is 25.2. The second-order valence-corrected chi connectivity index (χ2v) is 8.87. The lowest BCUT2D eigenvalue weighted by Crippen LogP contribution is -2.62. The van der Waals surface area contributed by atoms with Gasteiger partial charge in [0.15, 0.2) is 0 Å². The van der Waals surface area contributed by atoms with Crippen molar-refractivity contribution in [2.45, 2.75) is 51.2 Å². The van der Waals surface area contributed by atoms with Crippen LogP contribution >= 0.6 is 0 Å². The molecule has 0 aromatic heterocycles. The highest BCUT2D eigenvalue weighted by Crippen LogP contribution is 2.43. The monoisotopic (exact) mass is 489 g/mol. The molecule has 0 bridgehead atoms. The van der Waals surface area contributed by atoms with Gasteiger partial charge in [-0.15, -0.1) is 0 Å². The fourth-order valence-corrected chi connectivity index (χ4v) is 4.58. The first-order chi connectivity index (χ1) is 16.6. The van der Waals surface area contributed by atoms with E-state index in [1.807, 2.05) is 6.92 Å². The van der Waals surface area contributed by atoms with Crippen molar-refractivity contribution in [2.24, 2.45) is 0 Å². The van der Waals surface area contributed by atoms with Crippen molar-refractivity contribution >= 4 is 23.4 Å². The van der Waals surface area contributed by atoms with Crippen LogP contribution in [0.2, 0.25) is 0 Å². The Hall–Kier alpha value is -3.40. The van der Waals surface area contributed by atoms with Gasteiger partial charge >= 0.3 is 6.18 Å². The van der Waals surface area contributed by atoms with Crippen LogP contribution in [0.3, 0.4) is 0 Å². The first kappa shape index (κ1) is 24.7. The molecule has 2 aliphatic heterocycles. The summed E-state index contributed by atoms with van der Waals surface area (Å²) in [5.74, 6) is -0.506. The van der Waals surface area contributed by atoms with Gasteiger partial charge in [-0.1, -0.05) is 36.4 Å². The van der Waals surface area contributed by atoms with Crippen molar-refractivity contribution in [3.8, 4) is 0 Å². The van der Waals surface area contributed by atoms with Crippen molar-refractivity contribution < 1.29 is 32.3 Å². The zero-order valence-corrected chi connectivity index (χ0v) is 19.2. The Labute approximate surface area is 200 Å². The Balaban J connectivity index is 1.32. The third-order valence-corrected chi connectivity index (χ3v) is 6.36. The van der Waals surface area contributed by atoms with E-state index in [2.05, 4.69) is 10.1 Å². The lowest BCUT2D eigenvalue weighted by Gasteiger charge is -2.48. The first-order valence-corrected chi connectivity index (χ1v) is 11.3. The highest BCUT2D eigenvalue weighted by molar-refractivity contribution is 6.10. The van der Waals surface area contributed by atoms with Crippen LogP contribution in [-0.2, 0) is 27.5 Å². The van der Waals surface area contributed by atoms with Gasteiger partial charge in [0.2, 0.25) is 11.8 Å². The molecule has 0 radical (unpaired) electrons. The molecule has 3 amide bonds. The third kappa shape index (κ3) is 5.32. The summed E-state index contributed by atoms with van der Waals surface area (Å²) < 4.78 is 41.1. The Morgan fingerprint density at radius 1 is 1.09 bits per heavy atom. The topological polar surface area (TPSA) is 79.0 Å². The Bertz CT molecular complexity index is 1120. The number of halogens is 3. The lowest BCUT2D eigenvalue weighted by molar-refractivity contribution is -0.176. The molecule has 35 heavy (non-hydrogen) atoms. The molecule has 7 nitrogen and oxygen atoms in total. The van der Waals surface area contributed by atoms with E-state index in [9.17, 15) is 27.6 Å². The summed E-state index contributed by atoms with van der Waals surface area (Å²) in [5, 5.41) is 2.80. The van der Waals surface area contributed by atoms with Gasteiger partial charge in [0.25, 0.3) is 5.91 Å². The summed E-state index contributed by atoms with van der Waals surface area (Å²) >= 11 is 0. The molecule has 0 spiro atoms. The minimum absolute atomic E-state index is 0.0471. The molecule has 1 atom stereocenters. The maximum atomic E-state index is 13.2. The summed E-state index contributed by atoms with van der Waals surface area (Å²) in [6, 6.07) is 13.7. The van der Waals surface area contributed by atoms with Gasteiger partial charge in [-0.2, -0.15) is 13.2 Å². The molecule has 0 aliphatic carbocycles. The number of alkyl halides is 3. The van der Waals surface area contributed by atoms with Crippen LogP contribution in [0, 0.1) is 0 Å². The van der Waals surface area contributed by atoms with Crippen LogP contribution in [0.1, 0.15) is 47.7 Å². The summed E-state index contributed by atoms with van der Waals surface area (Å²) in [4.78, 5) is 41.6. The maximum Gasteiger partial charge on any atom is 0.411 e. The summed E-state index contributed by atoms with van der Waals surface area (Å²) in [7, 11) is 0. The van der Waals surface area contributed by atoms with Crippen LogP contribution in [0.5, 0.6) is 0 Å². The largest absolute Gasteiger partial charge is 0.411 e.